The highest BCUT2D eigenvalue weighted by atomic mass is 16.5. The first kappa shape index (κ1) is 22.8. The molecule has 8 nitrogen and oxygen atoms in total. The number of ether oxygens (including phenoxy) is 2. The van der Waals surface area contributed by atoms with Crippen LogP contribution in [0.3, 0.4) is 0 Å². The minimum atomic E-state index is -0.852. The fourth-order valence-corrected chi connectivity index (χ4v) is 4.83. The van der Waals surface area contributed by atoms with E-state index in [0.29, 0.717) is 17.0 Å². The molecule has 1 unspecified atom stereocenters. The maximum Gasteiger partial charge on any atom is 0.339 e. The second-order valence-corrected chi connectivity index (χ2v) is 8.76. The fraction of sp³-hybridized carbons (Fsp3) is 0.333. The van der Waals surface area contributed by atoms with Crippen LogP contribution in [-0.4, -0.2) is 49.1 Å². The normalized spacial score (nSPS) is 16.9. The zero-order chi connectivity index (χ0) is 24.4. The molecular formula is C27H27N3O5. The van der Waals surface area contributed by atoms with Gasteiger partial charge in [0, 0.05) is 18.1 Å². The lowest BCUT2D eigenvalue weighted by molar-refractivity contribution is -0.128. The monoisotopic (exact) mass is 473 g/mol. The topological polar surface area (TPSA) is 97.8 Å². The molecule has 0 radical (unpaired) electrons. The number of carbonyl (C=O) groups is 3. The van der Waals surface area contributed by atoms with Crippen molar-refractivity contribution in [1.82, 2.24) is 10.3 Å². The van der Waals surface area contributed by atoms with E-state index in [9.17, 15) is 14.4 Å². The second-order valence-electron chi connectivity index (χ2n) is 8.76. The number of nitrogens with zero attached hydrogens (tertiary/aromatic N) is 2. The number of rotatable bonds is 4. The lowest BCUT2D eigenvalue weighted by Gasteiger charge is -2.33. The van der Waals surface area contributed by atoms with Gasteiger partial charge in [-0.15, -0.1) is 0 Å². The Kier molecular flexibility index (Phi) is 6.35. The van der Waals surface area contributed by atoms with Gasteiger partial charge in [-0.05, 0) is 49.4 Å². The van der Waals surface area contributed by atoms with Crippen LogP contribution in [0.2, 0.25) is 0 Å². The summed E-state index contributed by atoms with van der Waals surface area (Å²) in [4.78, 5) is 45.1. The summed E-state index contributed by atoms with van der Waals surface area (Å²) >= 11 is 0. The van der Waals surface area contributed by atoms with Crippen LogP contribution >= 0.6 is 0 Å². The van der Waals surface area contributed by atoms with Crippen molar-refractivity contribution < 1.29 is 23.9 Å². The number of fused-ring (bicyclic) bond motifs is 3. The molecule has 5 rings (SSSR count). The van der Waals surface area contributed by atoms with Crippen LogP contribution in [-0.2, 0) is 27.2 Å². The lowest BCUT2D eigenvalue weighted by Crippen LogP contribution is -2.51. The molecule has 180 valence electrons. The number of hydrogen-bond acceptors (Lipinski definition) is 6. The van der Waals surface area contributed by atoms with Crippen molar-refractivity contribution in [3.63, 3.8) is 0 Å². The molecule has 2 heterocycles. The number of hydrogen-bond donors (Lipinski definition) is 1. The number of nitrogens with one attached hydrogen (secondary N) is 1. The standard InChI is InChI=1S/C27H27N3O5/c1-28-26(32)23-15-30(21-13-7-8-14-22(21)35-23)24(31)16-34-27(33)25-17-9-3-2-4-11-19(17)29-20-12-6-5-10-18(20)25/h5-8,10,12-14,23H,2-4,9,11,15-16H2,1H3,(H,28,32). The number of benzene rings is 2. The first-order valence-electron chi connectivity index (χ1n) is 11.9. The van der Waals surface area contributed by atoms with Gasteiger partial charge in [-0.2, -0.15) is 0 Å². The molecule has 1 atom stereocenters. The van der Waals surface area contributed by atoms with E-state index in [-0.39, 0.29) is 12.5 Å². The van der Waals surface area contributed by atoms with Gasteiger partial charge in [0.15, 0.2) is 12.7 Å². The molecule has 1 aromatic heterocycles. The molecule has 0 fully saturated rings. The smallest absolute Gasteiger partial charge is 0.339 e. The molecule has 8 heteroatoms. The zero-order valence-corrected chi connectivity index (χ0v) is 19.6. The average Bonchev–Trinajstić information content (AvgIpc) is 3.14. The Hall–Kier alpha value is -3.94. The summed E-state index contributed by atoms with van der Waals surface area (Å²) in [5, 5.41) is 3.29. The summed E-state index contributed by atoms with van der Waals surface area (Å²) in [7, 11) is 1.52. The molecular weight excluding hydrogens is 446 g/mol. The number of aromatic nitrogens is 1. The van der Waals surface area contributed by atoms with Crippen LogP contribution in [0.15, 0.2) is 48.5 Å². The molecule has 1 aliphatic carbocycles. The van der Waals surface area contributed by atoms with Crippen LogP contribution in [0.5, 0.6) is 5.75 Å². The van der Waals surface area contributed by atoms with Gasteiger partial charge in [0.05, 0.1) is 23.3 Å². The first-order chi connectivity index (χ1) is 17.1. The summed E-state index contributed by atoms with van der Waals surface area (Å²) in [5.74, 6) is -0.857. The highest BCUT2D eigenvalue weighted by Crippen LogP contribution is 2.33. The third-order valence-electron chi connectivity index (χ3n) is 6.56. The summed E-state index contributed by atoms with van der Waals surface area (Å²) < 4.78 is 11.4. The van der Waals surface area contributed by atoms with Crippen molar-refractivity contribution in [3.8, 4) is 5.75 Å². The lowest BCUT2D eigenvalue weighted by atomic mass is 9.97. The molecule has 0 spiro atoms. The van der Waals surface area contributed by atoms with Crippen molar-refractivity contribution in [1.29, 1.82) is 0 Å². The SMILES string of the molecule is CNC(=O)C1CN(C(=O)COC(=O)c2c3c(nc4ccccc24)CCCCC3)c2ccccc2O1. The Bertz CT molecular complexity index is 1310. The molecule has 2 aliphatic rings. The van der Waals surface area contributed by atoms with E-state index >= 15 is 0 Å². The fourth-order valence-electron chi connectivity index (χ4n) is 4.83. The predicted molar refractivity (Wildman–Crippen MR) is 131 cm³/mol. The molecule has 2 amide bonds. The Balaban J connectivity index is 1.41. The van der Waals surface area contributed by atoms with Crippen molar-refractivity contribution in [2.45, 2.75) is 38.2 Å². The van der Waals surface area contributed by atoms with Crippen molar-refractivity contribution >= 4 is 34.4 Å². The number of likely N-dealkylation sites (N-methyl/N-ethyl adjacent to an activating group) is 1. The molecule has 2 aromatic carbocycles. The molecule has 1 N–H and O–H groups in total. The predicted octanol–water partition coefficient (Wildman–Crippen LogP) is 3.20. The highest BCUT2D eigenvalue weighted by molar-refractivity contribution is 6.06. The van der Waals surface area contributed by atoms with E-state index < -0.39 is 24.6 Å². The number of aryl methyl sites for hydroxylation is 1. The minimum Gasteiger partial charge on any atom is -0.477 e. The van der Waals surface area contributed by atoms with Gasteiger partial charge in [0.1, 0.15) is 5.75 Å². The average molecular weight is 474 g/mol. The van der Waals surface area contributed by atoms with E-state index in [4.69, 9.17) is 14.5 Å². The zero-order valence-electron chi connectivity index (χ0n) is 19.6. The van der Waals surface area contributed by atoms with Crippen LogP contribution in [0.4, 0.5) is 5.69 Å². The van der Waals surface area contributed by atoms with Crippen LogP contribution in [0, 0.1) is 0 Å². The number of anilines is 1. The van der Waals surface area contributed by atoms with Crippen LogP contribution < -0.4 is 15.0 Å². The summed E-state index contributed by atoms with van der Waals surface area (Å²) in [6.45, 7) is -0.417. The van der Waals surface area contributed by atoms with E-state index in [1.165, 1.54) is 11.9 Å². The number of esters is 1. The Morgan fingerprint density at radius 2 is 1.83 bits per heavy atom. The molecule has 0 saturated carbocycles. The molecule has 1 aliphatic heterocycles. The molecule has 0 saturated heterocycles. The largest absolute Gasteiger partial charge is 0.477 e. The van der Waals surface area contributed by atoms with Crippen molar-refractivity contribution in [2.24, 2.45) is 0 Å². The number of pyridine rings is 1. The van der Waals surface area contributed by atoms with E-state index in [0.717, 1.165) is 54.3 Å². The number of carbonyl (C=O) groups excluding carboxylic acids is 3. The maximum absolute atomic E-state index is 13.4. The molecule has 35 heavy (non-hydrogen) atoms. The number of amides is 2. The van der Waals surface area contributed by atoms with Crippen LogP contribution in [0.25, 0.3) is 10.9 Å². The highest BCUT2D eigenvalue weighted by Gasteiger charge is 2.34. The van der Waals surface area contributed by atoms with Gasteiger partial charge >= 0.3 is 5.97 Å². The summed E-state index contributed by atoms with van der Waals surface area (Å²) in [6, 6.07) is 14.5. The third-order valence-corrected chi connectivity index (χ3v) is 6.56. The van der Waals surface area contributed by atoms with Gasteiger partial charge in [-0.3, -0.25) is 14.6 Å². The van der Waals surface area contributed by atoms with Gasteiger partial charge in [-0.1, -0.05) is 36.8 Å². The summed E-state index contributed by atoms with van der Waals surface area (Å²) in [6.07, 6.45) is 3.84. The Morgan fingerprint density at radius 1 is 1.06 bits per heavy atom. The molecule has 0 bridgehead atoms. The van der Waals surface area contributed by atoms with Gasteiger partial charge in [0.2, 0.25) is 0 Å². The first-order valence-corrected chi connectivity index (χ1v) is 11.9. The van der Waals surface area contributed by atoms with Gasteiger partial charge in [-0.25, -0.2) is 4.79 Å². The van der Waals surface area contributed by atoms with E-state index in [1.807, 2.05) is 24.3 Å². The summed E-state index contributed by atoms with van der Waals surface area (Å²) in [5.41, 5.74) is 3.66. The van der Waals surface area contributed by atoms with Crippen molar-refractivity contribution in [2.75, 3.05) is 25.1 Å². The van der Waals surface area contributed by atoms with Gasteiger partial charge in [0.25, 0.3) is 11.8 Å². The van der Waals surface area contributed by atoms with E-state index in [1.54, 1.807) is 24.3 Å². The quantitative estimate of drug-likeness (QED) is 0.462. The third kappa shape index (κ3) is 4.43. The van der Waals surface area contributed by atoms with Gasteiger partial charge < -0.3 is 19.7 Å². The van der Waals surface area contributed by atoms with E-state index in [2.05, 4.69) is 5.32 Å². The van der Waals surface area contributed by atoms with Crippen molar-refractivity contribution in [3.05, 3.63) is 65.4 Å². The molecule has 3 aromatic rings. The second kappa shape index (κ2) is 9.74. The number of para-hydroxylation sites is 3. The van der Waals surface area contributed by atoms with Crippen LogP contribution in [0.1, 0.15) is 40.9 Å². The Morgan fingerprint density at radius 3 is 2.69 bits per heavy atom. The maximum atomic E-state index is 13.4. The minimum absolute atomic E-state index is 0.0284. The Labute approximate surface area is 203 Å².